The summed E-state index contributed by atoms with van der Waals surface area (Å²) in [6, 6.07) is 0.0880. The minimum atomic E-state index is -0.681. The van der Waals surface area contributed by atoms with Crippen LogP contribution >= 0.6 is 0 Å². The van der Waals surface area contributed by atoms with Gasteiger partial charge in [0.1, 0.15) is 6.17 Å². The van der Waals surface area contributed by atoms with E-state index in [9.17, 15) is 4.39 Å². The first-order valence-corrected chi connectivity index (χ1v) is 3.23. The summed E-state index contributed by atoms with van der Waals surface area (Å²) >= 11 is 0. The molecule has 2 nitrogen and oxygen atoms in total. The highest BCUT2D eigenvalue weighted by Gasteiger charge is 2.27. The maximum absolute atomic E-state index is 12.7. The van der Waals surface area contributed by atoms with Gasteiger partial charge in [-0.05, 0) is 14.1 Å². The Hall–Kier alpha value is -0.150. The predicted octanol–water partition coefficient (Wildman–Crippen LogP) is -0.142. The van der Waals surface area contributed by atoms with Crippen molar-refractivity contribution in [2.24, 2.45) is 0 Å². The third kappa shape index (κ3) is 1.40. The van der Waals surface area contributed by atoms with Crippen LogP contribution in [0.4, 0.5) is 4.39 Å². The first-order chi connectivity index (χ1) is 4.22. The number of hydrogen-bond acceptors (Lipinski definition) is 2. The Balaban J connectivity index is 2.40. The average molecular weight is 132 g/mol. The van der Waals surface area contributed by atoms with Crippen molar-refractivity contribution >= 4 is 0 Å². The van der Waals surface area contributed by atoms with Crippen molar-refractivity contribution in [3.8, 4) is 0 Å². The SMILES string of the molecule is CN(C)[C@H]1CNC[C@H]1F. The van der Waals surface area contributed by atoms with Crippen molar-refractivity contribution < 1.29 is 4.39 Å². The van der Waals surface area contributed by atoms with Crippen LogP contribution in [-0.4, -0.2) is 44.3 Å². The van der Waals surface area contributed by atoms with Gasteiger partial charge in [0, 0.05) is 13.1 Å². The Labute approximate surface area is 55.0 Å². The number of likely N-dealkylation sites (N-methyl/N-ethyl adjacent to an activating group) is 1. The van der Waals surface area contributed by atoms with Gasteiger partial charge in [-0.3, -0.25) is 0 Å². The van der Waals surface area contributed by atoms with Crippen LogP contribution in [0.1, 0.15) is 0 Å². The third-order valence-electron chi connectivity index (χ3n) is 1.77. The summed E-state index contributed by atoms with van der Waals surface area (Å²) in [5, 5.41) is 2.99. The van der Waals surface area contributed by atoms with Crippen molar-refractivity contribution in [1.29, 1.82) is 0 Å². The van der Waals surface area contributed by atoms with Gasteiger partial charge in [0.25, 0.3) is 0 Å². The molecule has 0 aliphatic carbocycles. The Bertz CT molecular complexity index is 95.1. The van der Waals surface area contributed by atoms with Crippen LogP contribution in [0.2, 0.25) is 0 Å². The molecule has 1 aliphatic rings. The third-order valence-corrected chi connectivity index (χ3v) is 1.77. The first kappa shape index (κ1) is 6.96. The van der Waals surface area contributed by atoms with E-state index in [1.165, 1.54) is 0 Å². The zero-order valence-corrected chi connectivity index (χ0v) is 5.89. The molecule has 0 bridgehead atoms. The summed E-state index contributed by atoms with van der Waals surface area (Å²) in [6.45, 7) is 1.30. The normalized spacial score (nSPS) is 36.0. The molecule has 0 amide bonds. The number of rotatable bonds is 1. The van der Waals surface area contributed by atoms with E-state index in [-0.39, 0.29) is 6.04 Å². The fraction of sp³-hybridized carbons (Fsp3) is 1.00. The summed E-state index contributed by atoms with van der Waals surface area (Å²) in [6.07, 6.45) is -0.681. The maximum atomic E-state index is 12.7. The summed E-state index contributed by atoms with van der Waals surface area (Å²) in [5.74, 6) is 0. The fourth-order valence-corrected chi connectivity index (χ4v) is 1.14. The quantitative estimate of drug-likeness (QED) is 0.534. The van der Waals surface area contributed by atoms with E-state index >= 15 is 0 Å². The molecule has 0 saturated carbocycles. The zero-order chi connectivity index (χ0) is 6.85. The lowest BCUT2D eigenvalue weighted by atomic mass is 10.2. The summed E-state index contributed by atoms with van der Waals surface area (Å²) in [7, 11) is 3.81. The maximum Gasteiger partial charge on any atom is 0.129 e. The largest absolute Gasteiger partial charge is 0.312 e. The van der Waals surface area contributed by atoms with E-state index < -0.39 is 6.17 Å². The smallest absolute Gasteiger partial charge is 0.129 e. The van der Waals surface area contributed by atoms with E-state index in [2.05, 4.69) is 5.32 Å². The number of halogens is 1. The molecule has 0 aromatic carbocycles. The number of nitrogens with zero attached hydrogens (tertiary/aromatic N) is 1. The molecule has 1 rings (SSSR count). The lowest BCUT2D eigenvalue weighted by molar-refractivity contribution is 0.202. The van der Waals surface area contributed by atoms with Crippen LogP contribution < -0.4 is 5.32 Å². The first-order valence-electron chi connectivity index (χ1n) is 3.23. The monoisotopic (exact) mass is 132 g/mol. The molecule has 0 aromatic rings. The topological polar surface area (TPSA) is 15.3 Å². The molecule has 3 heteroatoms. The second-order valence-corrected chi connectivity index (χ2v) is 2.71. The predicted molar refractivity (Wildman–Crippen MR) is 35.2 cm³/mol. The Morgan fingerprint density at radius 3 is 2.33 bits per heavy atom. The highest BCUT2D eigenvalue weighted by molar-refractivity contribution is 4.86. The Morgan fingerprint density at radius 2 is 2.11 bits per heavy atom. The lowest BCUT2D eigenvalue weighted by Gasteiger charge is -2.19. The van der Waals surface area contributed by atoms with Gasteiger partial charge in [0.15, 0.2) is 0 Å². The molecule has 1 aliphatic heterocycles. The van der Waals surface area contributed by atoms with Crippen molar-refractivity contribution in [3.05, 3.63) is 0 Å². The second kappa shape index (κ2) is 2.62. The molecular formula is C6H13FN2. The van der Waals surface area contributed by atoms with Gasteiger partial charge >= 0.3 is 0 Å². The number of hydrogen-bond donors (Lipinski definition) is 1. The van der Waals surface area contributed by atoms with Crippen LogP contribution in [0, 0.1) is 0 Å². The van der Waals surface area contributed by atoms with E-state index in [4.69, 9.17) is 0 Å². The van der Waals surface area contributed by atoms with Gasteiger partial charge in [-0.1, -0.05) is 0 Å². The summed E-state index contributed by atoms with van der Waals surface area (Å²) in [4.78, 5) is 1.92. The minimum Gasteiger partial charge on any atom is -0.312 e. The molecule has 1 saturated heterocycles. The van der Waals surface area contributed by atoms with E-state index in [0.717, 1.165) is 6.54 Å². The van der Waals surface area contributed by atoms with Gasteiger partial charge in [-0.2, -0.15) is 0 Å². The highest BCUT2D eigenvalue weighted by atomic mass is 19.1. The Morgan fingerprint density at radius 1 is 1.44 bits per heavy atom. The fourth-order valence-electron chi connectivity index (χ4n) is 1.14. The number of nitrogens with one attached hydrogen (secondary N) is 1. The minimum absolute atomic E-state index is 0.0880. The molecule has 1 N–H and O–H groups in total. The summed E-state index contributed by atoms with van der Waals surface area (Å²) < 4.78 is 12.7. The molecule has 1 heterocycles. The Kier molecular flexibility index (Phi) is 2.03. The molecule has 54 valence electrons. The van der Waals surface area contributed by atoms with Gasteiger partial charge < -0.3 is 10.2 Å². The van der Waals surface area contributed by atoms with Crippen LogP contribution in [0.3, 0.4) is 0 Å². The molecule has 2 atom stereocenters. The molecule has 1 fully saturated rings. The zero-order valence-electron chi connectivity index (χ0n) is 5.89. The van der Waals surface area contributed by atoms with Gasteiger partial charge in [0.2, 0.25) is 0 Å². The van der Waals surface area contributed by atoms with Gasteiger partial charge in [0.05, 0.1) is 6.04 Å². The molecule has 0 aromatic heterocycles. The van der Waals surface area contributed by atoms with Gasteiger partial charge in [-0.25, -0.2) is 4.39 Å². The van der Waals surface area contributed by atoms with Crippen LogP contribution in [0.25, 0.3) is 0 Å². The van der Waals surface area contributed by atoms with E-state index in [1.807, 2.05) is 19.0 Å². The summed E-state index contributed by atoms with van der Waals surface area (Å²) in [5.41, 5.74) is 0. The highest BCUT2D eigenvalue weighted by Crippen LogP contribution is 2.08. The molecule has 0 radical (unpaired) electrons. The van der Waals surface area contributed by atoms with Crippen molar-refractivity contribution in [3.63, 3.8) is 0 Å². The average Bonchev–Trinajstić information content (AvgIpc) is 2.13. The van der Waals surface area contributed by atoms with E-state index in [0.29, 0.717) is 6.54 Å². The molecule has 9 heavy (non-hydrogen) atoms. The van der Waals surface area contributed by atoms with Crippen molar-refractivity contribution in [2.45, 2.75) is 12.2 Å². The van der Waals surface area contributed by atoms with Crippen molar-refractivity contribution in [2.75, 3.05) is 27.2 Å². The lowest BCUT2D eigenvalue weighted by Crippen LogP contribution is -2.35. The number of alkyl halides is 1. The second-order valence-electron chi connectivity index (χ2n) is 2.71. The molecule has 0 spiro atoms. The molecular weight excluding hydrogens is 119 g/mol. The van der Waals surface area contributed by atoms with Crippen LogP contribution in [0.15, 0.2) is 0 Å². The molecule has 0 unspecified atom stereocenters. The van der Waals surface area contributed by atoms with Crippen molar-refractivity contribution in [1.82, 2.24) is 10.2 Å². The van der Waals surface area contributed by atoms with Gasteiger partial charge in [-0.15, -0.1) is 0 Å². The van der Waals surface area contributed by atoms with E-state index in [1.54, 1.807) is 0 Å². The standard InChI is InChI=1S/C6H13FN2/c1-9(2)6-4-8-3-5(6)7/h5-6,8H,3-4H2,1-2H3/t5-,6+/m1/s1. The van der Waals surface area contributed by atoms with Crippen LogP contribution in [-0.2, 0) is 0 Å². The van der Waals surface area contributed by atoms with Crippen LogP contribution in [0.5, 0.6) is 0 Å².